The van der Waals surface area contributed by atoms with Gasteiger partial charge in [-0.25, -0.2) is 0 Å². The molecule has 2 rings (SSSR count). The van der Waals surface area contributed by atoms with Crippen LogP contribution in [0.3, 0.4) is 0 Å². The third kappa shape index (κ3) is 4.10. The quantitative estimate of drug-likeness (QED) is 0.831. The summed E-state index contributed by atoms with van der Waals surface area (Å²) in [5.41, 5.74) is 10.6. The van der Waals surface area contributed by atoms with Gasteiger partial charge in [-0.1, -0.05) is 42.0 Å². The molecule has 0 aliphatic carbocycles. The lowest BCUT2D eigenvalue weighted by Crippen LogP contribution is -2.29. The summed E-state index contributed by atoms with van der Waals surface area (Å²) >= 11 is 0. The molecule has 2 N–H and O–H groups in total. The number of benzene rings is 2. The minimum absolute atomic E-state index is 0.507. The Morgan fingerprint density at radius 3 is 2.20 bits per heavy atom. The van der Waals surface area contributed by atoms with E-state index in [0.29, 0.717) is 6.04 Å². The number of aryl methyl sites for hydroxylation is 1. The molecule has 0 amide bonds. The minimum Gasteiger partial charge on any atom is -0.399 e. The van der Waals surface area contributed by atoms with Crippen LogP contribution < -0.4 is 5.73 Å². The van der Waals surface area contributed by atoms with Crippen molar-refractivity contribution in [1.29, 1.82) is 0 Å². The topological polar surface area (TPSA) is 29.3 Å². The van der Waals surface area contributed by atoms with E-state index in [2.05, 4.69) is 62.1 Å². The largest absolute Gasteiger partial charge is 0.399 e. The molecule has 0 aromatic heterocycles. The first-order valence-electron chi connectivity index (χ1n) is 7.18. The average molecular weight is 268 g/mol. The third-order valence-electron chi connectivity index (χ3n) is 3.56. The molecule has 0 saturated heterocycles. The number of nitrogen functional groups attached to an aromatic ring is 1. The van der Waals surface area contributed by atoms with Crippen LogP contribution in [0.4, 0.5) is 5.69 Å². The van der Waals surface area contributed by atoms with Crippen LogP contribution in [0, 0.1) is 6.92 Å². The molecule has 0 aliphatic heterocycles. The molecule has 2 nitrogen and oxygen atoms in total. The van der Waals surface area contributed by atoms with Crippen LogP contribution in [-0.2, 0) is 13.1 Å². The number of nitrogens with two attached hydrogens (primary N) is 1. The number of nitrogens with zero attached hydrogens (tertiary/aromatic N) is 1. The maximum atomic E-state index is 5.74. The van der Waals surface area contributed by atoms with Gasteiger partial charge in [-0.2, -0.15) is 0 Å². The van der Waals surface area contributed by atoms with E-state index in [1.807, 2.05) is 12.1 Å². The van der Waals surface area contributed by atoms with Crippen molar-refractivity contribution in [3.8, 4) is 0 Å². The number of rotatable bonds is 5. The summed E-state index contributed by atoms with van der Waals surface area (Å²) in [5, 5.41) is 0. The monoisotopic (exact) mass is 268 g/mol. The lowest BCUT2D eigenvalue weighted by atomic mass is 10.1. The van der Waals surface area contributed by atoms with Crippen LogP contribution in [0.5, 0.6) is 0 Å². The summed E-state index contributed by atoms with van der Waals surface area (Å²) < 4.78 is 0. The van der Waals surface area contributed by atoms with Crippen LogP contribution >= 0.6 is 0 Å². The van der Waals surface area contributed by atoms with E-state index >= 15 is 0 Å². The molecule has 0 bridgehead atoms. The van der Waals surface area contributed by atoms with E-state index in [4.69, 9.17) is 5.73 Å². The SMILES string of the molecule is Cc1cccc(CN(Cc2ccc(N)cc2)C(C)C)c1. The number of hydrogen-bond donors (Lipinski definition) is 1. The zero-order valence-electron chi connectivity index (χ0n) is 12.6. The van der Waals surface area contributed by atoms with Gasteiger partial charge in [0.05, 0.1) is 0 Å². The van der Waals surface area contributed by atoms with Crippen LogP contribution in [0.1, 0.15) is 30.5 Å². The number of anilines is 1. The van der Waals surface area contributed by atoms with Crippen LogP contribution in [0.2, 0.25) is 0 Å². The van der Waals surface area contributed by atoms with Crippen molar-refractivity contribution in [1.82, 2.24) is 4.90 Å². The summed E-state index contributed by atoms with van der Waals surface area (Å²) in [6, 6.07) is 17.4. The molecule has 106 valence electrons. The highest BCUT2D eigenvalue weighted by Crippen LogP contribution is 2.15. The second-order valence-corrected chi connectivity index (χ2v) is 5.73. The van der Waals surface area contributed by atoms with Crippen LogP contribution in [-0.4, -0.2) is 10.9 Å². The highest BCUT2D eigenvalue weighted by atomic mass is 15.1. The Bertz CT molecular complexity index is 544. The molecule has 0 fully saturated rings. The fourth-order valence-electron chi connectivity index (χ4n) is 2.32. The van der Waals surface area contributed by atoms with Crippen LogP contribution in [0.25, 0.3) is 0 Å². The molecule has 2 aromatic carbocycles. The summed E-state index contributed by atoms with van der Waals surface area (Å²) in [7, 11) is 0. The molecule has 2 aromatic rings. The highest BCUT2D eigenvalue weighted by molar-refractivity contribution is 5.39. The van der Waals surface area contributed by atoms with Crippen molar-refractivity contribution < 1.29 is 0 Å². The van der Waals surface area contributed by atoms with Gasteiger partial charge >= 0.3 is 0 Å². The predicted octanol–water partition coefficient (Wildman–Crippen LogP) is 3.99. The second kappa shape index (κ2) is 6.58. The number of hydrogen-bond acceptors (Lipinski definition) is 2. The second-order valence-electron chi connectivity index (χ2n) is 5.73. The van der Waals surface area contributed by atoms with Crippen molar-refractivity contribution in [2.75, 3.05) is 5.73 Å². The molecular weight excluding hydrogens is 244 g/mol. The lowest BCUT2D eigenvalue weighted by Gasteiger charge is -2.27. The molecule has 20 heavy (non-hydrogen) atoms. The molecule has 2 heteroatoms. The Morgan fingerprint density at radius 1 is 0.950 bits per heavy atom. The first-order valence-corrected chi connectivity index (χ1v) is 7.18. The maximum absolute atomic E-state index is 5.74. The Kier molecular flexibility index (Phi) is 4.80. The van der Waals surface area contributed by atoms with Gasteiger partial charge in [-0.05, 0) is 44.0 Å². The Morgan fingerprint density at radius 2 is 1.60 bits per heavy atom. The van der Waals surface area contributed by atoms with Crippen LogP contribution in [0.15, 0.2) is 48.5 Å². The standard InChI is InChI=1S/C18H24N2/c1-14(2)20(12-16-7-9-18(19)10-8-16)13-17-6-4-5-15(3)11-17/h4-11,14H,12-13,19H2,1-3H3. The fraction of sp³-hybridized carbons (Fsp3) is 0.333. The van der Waals surface area contributed by atoms with Crippen molar-refractivity contribution in [3.05, 3.63) is 65.2 Å². The molecule has 0 atom stereocenters. The lowest BCUT2D eigenvalue weighted by molar-refractivity contribution is 0.203. The Hall–Kier alpha value is -1.80. The first-order chi connectivity index (χ1) is 9.54. The molecular formula is C18H24N2. The van der Waals surface area contributed by atoms with Crippen molar-refractivity contribution in [2.24, 2.45) is 0 Å². The van der Waals surface area contributed by atoms with Crippen molar-refractivity contribution >= 4 is 5.69 Å². The molecule has 0 saturated carbocycles. The first kappa shape index (κ1) is 14.6. The van der Waals surface area contributed by atoms with Gasteiger partial charge in [-0.3, -0.25) is 4.90 Å². The van der Waals surface area contributed by atoms with Gasteiger partial charge in [0.25, 0.3) is 0 Å². The van der Waals surface area contributed by atoms with E-state index in [-0.39, 0.29) is 0 Å². The van der Waals surface area contributed by atoms with Gasteiger partial charge in [0, 0.05) is 24.8 Å². The van der Waals surface area contributed by atoms with Gasteiger partial charge < -0.3 is 5.73 Å². The van der Waals surface area contributed by atoms with E-state index < -0.39 is 0 Å². The molecule has 0 radical (unpaired) electrons. The Balaban J connectivity index is 2.09. The maximum Gasteiger partial charge on any atom is 0.0314 e. The summed E-state index contributed by atoms with van der Waals surface area (Å²) in [5.74, 6) is 0. The minimum atomic E-state index is 0.507. The van der Waals surface area contributed by atoms with E-state index in [1.165, 1.54) is 16.7 Å². The predicted molar refractivity (Wildman–Crippen MR) is 86.4 cm³/mol. The average Bonchev–Trinajstić information content (AvgIpc) is 2.40. The van der Waals surface area contributed by atoms with Crippen molar-refractivity contribution in [2.45, 2.75) is 39.9 Å². The highest BCUT2D eigenvalue weighted by Gasteiger charge is 2.11. The molecule has 0 spiro atoms. The zero-order chi connectivity index (χ0) is 14.5. The van der Waals surface area contributed by atoms with Crippen molar-refractivity contribution in [3.63, 3.8) is 0 Å². The summed E-state index contributed by atoms with van der Waals surface area (Å²) in [6.07, 6.45) is 0. The zero-order valence-corrected chi connectivity index (χ0v) is 12.6. The summed E-state index contributed by atoms with van der Waals surface area (Å²) in [6.45, 7) is 8.55. The summed E-state index contributed by atoms with van der Waals surface area (Å²) in [4.78, 5) is 2.47. The normalized spacial score (nSPS) is 11.2. The van der Waals surface area contributed by atoms with E-state index in [9.17, 15) is 0 Å². The van der Waals surface area contributed by atoms with Gasteiger partial charge in [0.2, 0.25) is 0 Å². The van der Waals surface area contributed by atoms with Gasteiger partial charge in [0.15, 0.2) is 0 Å². The third-order valence-corrected chi connectivity index (χ3v) is 3.56. The Labute approximate surface area is 122 Å². The van der Waals surface area contributed by atoms with E-state index in [0.717, 1.165) is 18.8 Å². The van der Waals surface area contributed by atoms with E-state index in [1.54, 1.807) is 0 Å². The molecule has 0 heterocycles. The molecule has 0 aliphatic rings. The fourth-order valence-corrected chi connectivity index (χ4v) is 2.32. The smallest absolute Gasteiger partial charge is 0.0314 e. The van der Waals surface area contributed by atoms with Gasteiger partial charge in [0.1, 0.15) is 0 Å². The van der Waals surface area contributed by atoms with Gasteiger partial charge in [-0.15, -0.1) is 0 Å². The molecule has 0 unspecified atom stereocenters.